The van der Waals surface area contributed by atoms with Gasteiger partial charge in [-0.1, -0.05) is 35.3 Å². The molecule has 0 aliphatic heterocycles. The van der Waals surface area contributed by atoms with E-state index in [0.717, 1.165) is 0 Å². The smallest absolute Gasteiger partial charge is 0.337 e. The van der Waals surface area contributed by atoms with Crippen molar-refractivity contribution in [3.8, 4) is 5.75 Å². The van der Waals surface area contributed by atoms with E-state index in [1.807, 2.05) is 0 Å². The lowest BCUT2D eigenvalue weighted by molar-refractivity contribution is -0.136. The van der Waals surface area contributed by atoms with Crippen molar-refractivity contribution in [1.82, 2.24) is 0 Å². The van der Waals surface area contributed by atoms with Gasteiger partial charge < -0.3 is 14.9 Å². The van der Waals surface area contributed by atoms with Gasteiger partial charge in [-0.15, -0.1) is 0 Å². The Morgan fingerprint density at radius 1 is 1.00 bits per heavy atom. The van der Waals surface area contributed by atoms with Crippen molar-refractivity contribution in [2.24, 2.45) is 0 Å². The Kier molecular flexibility index (Phi) is 7.91. The van der Waals surface area contributed by atoms with Crippen LogP contribution in [0.5, 0.6) is 5.75 Å². The molecular weight excluding hydrogens is 371 g/mol. The first-order chi connectivity index (χ1) is 11.7. The Morgan fingerprint density at radius 3 is 2.04 bits per heavy atom. The molecule has 0 saturated heterocycles. The summed E-state index contributed by atoms with van der Waals surface area (Å²) in [6.07, 6.45) is -0.0274. The number of carbonyl (C=O) groups is 3. The molecule has 0 unspecified atom stereocenters. The average Bonchev–Trinajstić information content (AvgIpc) is 2.48. The quantitative estimate of drug-likeness (QED) is 0.611. The number of esters is 1. The molecule has 0 aliphatic rings. The molecule has 0 radical (unpaired) electrons. The van der Waals surface area contributed by atoms with Crippen molar-refractivity contribution >= 4 is 41.1 Å². The molecule has 0 aromatic heterocycles. The predicted molar refractivity (Wildman–Crippen MR) is 92.5 cm³/mol. The van der Waals surface area contributed by atoms with Crippen LogP contribution in [-0.2, 0) is 16.0 Å². The fourth-order valence-electron chi connectivity index (χ4n) is 1.68. The third kappa shape index (κ3) is 7.69. The second kappa shape index (κ2) is 9.66. The van der Waals surface area contributed by atoms with Crippen LogP contribution in [0.15, 0.2) is 42.5 Å². The minimum absolute atomic E-state index is 0.0274. The third-order valence-corrected chi connectivity index (χ3v) is 3.25. The number of carboxylic acid groups (broad SMARTS) is 2. The van der Waals surface area contributed by atoms with E-state index in [4.69, 9.17) is 38.2 Å². The van der Waals surface area contributed by atoms with Crippen LogP contribution < -0.4 is 4.74 Å². The highest BCUT2D eigenvalue weighted by Crippen LogP contribution is 2.20. The highest BCUT2D eigenvalue weighted by molar-refractivity contribution is 6.36. The van der Waals surface area contributed by atoms with Crippen LogP contribution in [-0.4, -0.2) is 28.1 Å². The fraction of sp³-hybridized carbons (Fsp3) is 0.118. The van der Waals surface area contributed by atoms with Gasteiger partial charge in [-0.25, -0.2) is 4.79 Å². The average molecular weight is 385 g/mol. The molecule has 0 aliphatic carbocycles. The molecule has 2 aromatic carbocycles. The van der Waals surface area contributed by atoms with E-state index in [1.165, 1.54) is 25.1 Å². The Morgan fingerprint density at radius 2 is 1.60 bits per heavy atom. The first kappa shape index (κ1) is 20.5. The Labute approximate surface area is 153 Å². The Hall–Kier alpha value is -2.57. The van der Waals surface area contributed by atoms with Crippen molar-refractivity contribution in [2.75, 3.05) is 0 Å². The van der Waals surface area contributed by atoms with Crippen LogP contribution in [0, 0.1) is 0 Å². The zero-order valence-corrected chi connectivity index (χ0v) is 14.5. The van der Waals surface area contributed by atoms with Crippen LogP contribution in [0.3, 0.4) is 0 Å². The van der Waals surface area contributed by atoms with E-state index in [9.17, 15) is 14.4 Å². The molecule has 0 bridgehead atoms. The summed E-state index contributed by atoms with van der Waals surface area (Å²) in [5.41, 5.74) is 0.740. The van der Waals surface area contributed by atoms with E-state index >= 15 is 0 Å². The van der Waals surface area contributed by atoms with Crippen LogP contribution in [0.25, 0.3) is 0 Å². The summed E-state index contributed by atoms with van der Waals surface area (Å²) in [4.78, 5) is 31.3. The molecule has 0 spiro atoms. The van der Waals surface area contributed by atoms with Crippen molar-refractivity contribution < 1.29 is 29.3 Å². The number of benzene rings is 2. The molecule has 2 rings (SSSR count). The molecule has 2 N–H and O–H groups in total. The van der Waals surface area contributed by atoms with Crippen LogP contribution in [0.4, 0.5) is 0 Å². The van der Waals surface area contributed by atoms with E-state index in [2.05, 4.69) is 0 Å². The van der Waals surface area contributed by atoms with E-state index in [0.29, 0.717) is 16.3 Å². The third-order valence-electron chi connectivity index (χ3n) is 2.70. The van der Waals surface area contributed by atoms with E-state index in [-0.39, 0.29) is 17.0 Å². The minimum atomic E-state index is -1.05. The number of carboxylic acids is 2. The summed E-state index contributed by atoms with van der Waals surface area (Å²) >= 11 is 11.1. The SMILES string of the molecule is CC(=O)Oc1ccc(CC(=O)O)cc1.O=C(O)c1ccc(Cl)cc1Cl. The first-order valence-electron chi connectivity index (χ1n) is 6.86. The Balaban J connectivity index is 0.000000257. The van der Waals surface area contributed by atoms with Gasteiger partial charge in [0.25, 0.3) is 0 Å². The molecule has 8 heteroatoms. The zero-order valence-electron chi connectivity index (χ0n) is 13.0. The highest BCUT2D eigenvalue weighted by Gasteiger charge is 2.07. The molecule has 132 valence electrons. The maximum Gasteiger partial charge on any atom is 0.337 e. The molecule has 25 heavy (non-hydrogen) atoms. The number of hydrogen-bond donors (Lipinski definition) is 2. The van der Waals surface area contributed by atoms with Gasteiger partial charge in [0.2, 0.25) is 0 Å². The van der Waals surface area contributed by atoms with Gasteiger partial charge in [0, 0.05) is 11.9 Å². The van der Waals surface area contributed by atoms with E-state index < -0.39 is 17.9 Å². The number of aliphatic carboxylic acids is 1. The zero-order chi connectivity index (χ0) is 19.0. The number of aromatic carboxylic acids is 1. The van der Waals surface area contributed by atoms with Crippen molar-refractivity contribution in [1.29, 1.82) is 0 Å². The van der Waals surface area contributed by atoms with Gasteiger partial charge in [-0.3, -0.25) is 9.59 Å². The van der Waals surface area contributed by atoms with Crippen LogP contribution in [0.1, 0.15) is 22.8 Å². The fourth-order valence-corrected chi connectivity index (χ4v) is 2.17. The normalized spacial score (nSPS) is 9.56. The van der Waals surface area contributed by atoms with Gasteiger partial charge >= 0.3 is 17.9 Å². The van der Waals surface area contributed by atoms with Crippen molar-refractivity contribution in [2.45, 2.75) is 13.3 Å². The largest absolute Gasteiger partial charge is 0.481 e. The highest BCUT2D eigenvalue weighted by atomic mass is 35.5. The second-order valence-electron chi connectivity index (χ2n) is 4.74. The lowest BCUT2D eigenvalue weighted by Crippen LogP contribution is -2.02. The summed E-state index contributed by atoms with van der Waals surface area (Å²) in [6.45, 7) is 1.31. The number of halogens is 2. The molecular formula is C17H14Cl2O6. The number of ether oxygens (including phenoxy) is 1. The van der Waals surface area contributed by atoms with Gasteiger partial charge in [0.05, 0.1) is 17.0 Å². The molecule has 6 nitrogen and oxygen atoms in total. The summed E-state index contributed by atoms with van der Waals surface area (Å²) < 4.78 is 4.79. The summed E-state index contributed by atoms with van der Waals surface area (Å²) in [6, 6.07) is 10.6. The molecule has 0 saturated carbocycles. The van der Waals surface area contributed by atoms with Crippen molar-refractivity contribution in [3.05, 3.63) is 63.6 Å². The number of carbonyl (C=O) groups excluding carboxylic acids is 1. The molecule has 0 heterocycles. The lowest BCUT2D eigenvalue weighted by atomic mass is 10.1. The molecule has 0 atom stereocenters. The van der Waals surface area contributed by atoms with Gasteiger partial charge in [-0.05, 0) is 35.9 Å². The number of hydrogen-bond acceptors (Lipinski definition) is 4. The lowest BCUT2D eigenvalue weighted by Gasteiger charge is -2.01. The minimum Gasteiger partial charge on any atom is -0.481 e. The second-order valence-corrected chi connectivity index (χ2v) is 5.58. The van der Waals surface area contributed by atoms with E-state index in [1.54, 1.807) is 24.3 Å². The predicted octanol–water partition coefficient (Wildman–Crippen LogP) is 3.93. The van der Waals surface area contributed by atoms with Crippen LogP contribution >= 0.6 is 23.2 Å². The first-order valence-corrected chi connectivity index (χ1v) is 7.62. The Bertz CT molecular complexity index is 736. The molecule has 2 aromatic rings. The molecule has 0 amide bonds. The maximum absolute atomic E-state index is 10.6. The van der Waals surface area contributed by atoms with Crippen LogP contribution in [0.2, 0.25) is 10.0 Å². The summed E-state index contributed by atoms with van der Waals surface area (Å²) in [5.74, 6) is -1.90. The van der Waals surface area contributed by atoms with Gasteiger partial charge in [0.15, 0.2) is 0 Å². The van der Waals surface area contributed by atoms with Gasteiger partial charge in [0.1, 0.15) is 5.75 Å². The standard InChI is InChI=1S/C10H10O4.C7H4Cl2O2/c1-7(11)14-9-4-2-8(3-5-9)6-10(12)13;8-4-1-2-5(7(10)11)6(9)3-4/h2-5H,6H2,1H3,(H,12,13);1-3H,(H,10,11). The monoisotopic (exact) mass is 384 g/mol. The maximum atomic E-state index is 10.6. The molecule has 0 fully saturated rings. The topological polar surface area (TPSA) is 101 Å². The summed E-state index contributed by atoms with van der Waals surface area (Å²) in [7, 11) is 0. The summed E-state index contributed by atoms with van der Waals surface area (Å²) in [5, 5.41) is 17.6. The van der Waals surface area contributed by atoms with Crippen molar-refractivity contribution in [3.63, 3.8) is 0 Å². The number of rotatable bonds is 4. The van der Waals surface area contributed by atoms with Gasteiger partial charge in [-0.2, -0.15) is 0 Å².